The van der Waals surface area contributed by atoms with E-state index in [0.29, 0.717) is 44.8 Å². The van der Waals surface area contributed by atoms with Gasteiger partial charge in [-0.1, -0.05) is 23.2 Å². The number of carbonyl (C=O) groups excluding carboxylic acids is 2. The number of nitrogens with one attached hydrogen (secondary N) is 1. The third-order valence-electron chi connectivity index (χ3n) is 3.96. The summed E-state index contributed by atoms with van der Waals surface area (Å²) in [5.74, 6) is -0.790. The first-order valence-corrected chi connectivity index (χ1v) is 8.70. The lowest BCUT2D eigenvalue weighted by atomic mass is 10.1. The van der Waals surface area contributed by atoms with Gasteiger partial charge >= 0.3 is 5.97 Å². The van der Waals surface area contributed by atoms with Crippen LogP contribution in [0, 0.1) is 13.8 Å². The molecule has 1 heterocycles. The summed E-state index contributed by atoms with van der Waals surface area (Å²) in [6.07, 6.45) is 0. The number of amides is 1. The van der Waals surface area contributed by atoms with Crippen LogP contribution < -0.4 is 5.32 Å². The van der Waals surface area contributed by atoms with Gasteiger partial charge < -0.3 is 14.6 Å². The summed E-state index contributed by atoms with van der Waals surface area (Å²) >= 11 is 12.1. The largest absolute Gasteiger partial charge is 0.461 e. The number of esters is 1. The highest BCUT2D eigenvalue weighted by Gasteiger charge is 2.26. The molecule has 0 fully saturated rings. The second-order valence-corrected chi connectivity index (χ2v) is 6.32. The molecule has 1 N–H and O–H groups in total. The standard InChI is InChI=1S/C18H20Cl2N2O3/c1-5-22-11(4)15(10(3)16(22)18(24)25-6-2)17(23)21-14-9-12(19)7-8-13(14)20/h7-9H,5-6H2,1-4H3,(H,21,23). The van der Waals surface area contributed by atoms with Crippen LogP contribution in [0.15, 0.2) is 18.2 Å². The fourth-order valence-electron chi connectivity index (χ4n) is 2.87. The SMILES string of the molecule is CCOC(=O)c1c(C)c(C(=O)Nc2cc(Cl)ccc2Cl)c(C)n1CC. The number of hydrogen-bond donors (Lipinski definition) is 1. The highest BCUT2D eigenvalue weighted by atomic mass is 35.5. The lowest BCUT2D eigenvalue weighted by Gasteiger charge is -2.09. The van der Waals surface area contributed by atoms with Crippen molar-refractivity contribution >= 4 is 40.8 Å². The normalized spacial score (nSPS) is 10.6. The molecule has 5 nitrogen and oxygen atoms in total. The minimum Gasteiger partial charge on any atom is -0.461 e. The van der Waals surface area contributed by atoms with Crippen molar-refractivity contribution in [3.05, 3.63) is 50.8 Å². The molecular formula is C18H20Cl2N2O3. The van der Waals surface area contributed by atoms with E-state index in [1.165, 1.54) is 0 Å². The van der Waals surface area contributed by atoms with Gasteiger partial charge in [0.2, 0.25) is 0 Å². The van der Waals surface area contributed by atoms with Gasteiger partial charge in [-0.2, -0.15) is 0 Å². The Labute approximate surface area is 156 Å². The van der Waals surface area contributed by atoms with Crippen LogP contribution in [0.5, 0.6) is 0 Å². The highest BCUT2D eigenvalue weighted by Crippen LogP contribution is 2.28. The lowest BCUT2D eigenvalue weighted by Crippen LogP contribution is -2.14. The Morgan fingerprint density at radius 2 is 1.88 bits per heavy atom. The van der Waals surface area contributed by atoms with E-state index in [2.05, 4.69) is 5.32 Å². The van der Waals surface area contributed by atoms with Gasteiger partial charge in [0.1, 0.15) is 5.69 Å². The summed E-state index contributed by atoms with van der Waals surface area (Å²) in [5.41, 5.74) is 2.51. The molecule has 0 unspecified atom stereocenters. The Morgan fingerprint density at radius 3 is 2.48 bits per heavy atom. The van der Waals surface area contributed by atoms with Crippen molar-refractivity contribution in [2.24, 2.45) is 0 Å². The third-order valence-corrected chi connectivity index (χ3v) is 4.52. The molecule has 1 aromatic carbocycles. The molecule has 0 atom stereocenters. The molecule has 2 aromatic rings. The molecule has 1 aromatic heterocycles. The van der Waals surface area contributed by atoms with Crippen molar-refractivity contribution in [3.8, 4) is 0 Å². The zero-order valence-corrected chi connectivity index (χ0v) is 16.1. The lowest BCUT2D eigenvalue weighted by molar-refractivity contribution is 0.0512. The Bertz CT molecular complexity index is 828. The molecule has 0 spiro atoms. The number of nitrogens with zero attached hydrogens (tertiary/aromatic N) is 1. The molecule has 134 valence electrons. The van der Waals surface area contributed by atoms with Crippen LogP contribution in [-0.2, 0) is 11.3 Å². The van der Waals surface area contributed by atoms with E-state index < -0.39 is 5.97 Å². The Kier molecular flexibility index (Phi) is 6.14. The van der Waals surface area contributed by atoms with E-state index in [9.17, 15) is 9.59 Å². The predicted octanol–water partition coefficient (Wildman–Crippen LogP) is 4.86. The van der Waals surface area contributed by atoms with Crippen LogP contribution in [-0.4, -0.2) is 23.1 Å². The van der Waals surface area contributed by atoms with Gasteiger partial charge in [0.05, 0.1) is 22.9 Å². The van der Waals surface area contributed by atoms with Crippen LogP contribution >= 0.6 is 23.2 Å². The Balaban J connectivity index is 2.46. The summed E-state index contributed by atoms with van der Waals surface area (Å²) in [6, 6.07) is 4.83. The fourth-order valence-corrected chi connectivity index (χ4v) is 3.20. The van der Waals surface area contributed by atoms with Crippen molar-refractivity contribution < 1.29 is 14.3 Å². The van der Waals surface area contributed by atoms with Crippen LogP contribution in [0.25, 0.3) is 0 Å². The smallest absolute Gasteiger partial charge is 0.355 e. The predicted molar refractivity (Wildman–Crippen MR) is 100.0 cm³/mol. The minimum absolute atomic E-state index is 0.270. The second kappa shape index (κ2) is 7.93. The molecule has 25 heavy (non-hydrogen) atoms. The summed E-state index contributed by atoms with van der Waals surface area (Å²) in [6.45, 7) is 8.00. The molecule has 0 aliphatic carbocycles. The number of anilines is 1. The van der Waals surface area contributed by atoms with Crippen molar-refractivity contribution in [3.63, 3.8) is 0 Å². The average molecular weight is 383 g/mol. The van der Waals surface area contributed by atoms with E-state index in [-0.39, 0.29) is 12.5 Å². The number of halogens is 2. The molecule has 0 aliphatic heterocycles. The van der Waals surface area contributed by atoms with Crippen LogP contribution in [0.3, 0.4) is 0 Å². The van der Waals surface area contributed by atoms with E-state index in [1.807, 2.05) is 6.92 Å². The number of rotatable bonds is 5. The average Bonchev–Trinajstić information content (AvgIpc) is 2.81. The molecule has 0 saturated heterocycles. The maximum atomic E-state index is 12.8. The summed E-state index contributed by atoms with van der Waals surface area (Å²) in [5, 5.41) is 3.61. The molecule has 2 rings (SSSR count). The molecule has 1 amide bonds. The van der Waals surface area contributed by atoms with Gasteiger partial charge in [-0.15, -0.1) is 0 Å². The van der Waals surface area contributed by atoms with Gasteiger partial charge in [-0.05, 0) is 51.5 Å². The van der Waals surface area contributed by atoms with Crippen molar-refractivity contribution in [2.45, 2.75) is 34.2 Å². The molecule has 0 aliphatic rings. The summed E-state index contributed by atoms with van der Waals surface area (Å²) in [4.78, 5) is 25.1. The topological polar surface area (TPSA) is 60.3 Å². The van der Waals surface area contributed by atoms with Gasteiger partial charge in [0.15, 0.2) is 0 Å². The van der Waals surface area contributed by atoms with Crippen molar-refractivity contribution in [1.29, 1.82) is 0 Å². The monoisotopic (exact) mass is 382 g/mol. The van der Waals surface area contributed by atoms with Gasteiger partial charge in [-0.25, -0.2) is 4.79 Å². The zero-order valence-electron chi connectivity index (χ0n) is 14.6. The first-order valence-electron chi connectivity index (χ1n) is 7.94. The van der Waals surface area contributed by atoms with E-state index in [4.69, 9.17) is 27.9 Å². The number of benzene rings is 1. The van der Waals surface area contributed by atoms with Crippen molar-refractivity contribution in [2.75, 3.05) is 11.9 Å². The van der Waals surface area contributed by atoms with Crippen molar-refractivity contribution in [1.82, 2.24) is 4.57 Å². The first kappa shape index (κ1) is 19.3. The number of aromatic nitrogens is 1. The first-order chi connectivity index (χ1) is 11.8. The fraction of sp³-hybridized carbons (Fsp3) is 0.333. The summed E-state index contributed by atoms with van der Waals surface area (Å²) in [7, 11) is 0. The Morgan fingerprint density at radius 1 is 1.20 bits per heavy atom. The van der Waals surface area contributed by atoms with E-state index in [0.717, 1.165) is 0 Å². The van der Waals surface area contributed by atoms with E-state index >= 15 is 0 Å². The number of carbonyl (C=O) groups is 2. The molecule has 0 radical (unpaired) electrons. The van der Waals surface area contributed by atoms with E-state index in [1.54, 1.807) is 43.5 Å². The maximum Gasteiger partial charge on any atom is 0.355 e. The summed E-state index contributed by atoms with van der Waals surface area (Å²) < 4.78 is 6.90. The number of ether oxygens (including phenoxy) is 1. The van der Waals surface area contributed by atoms with Crippen LogP contribution in [0.2, 0.25) is 10.0 Å². The highest BCUT2D eigenvalue weighted by molar-refractivity contribution is 6.36. The quantitative estimate of drug-likeness (QED) is 0.750. The third kappa shape index (κ3) is 3.83. The van der Waals surface area contributed by atoms with Gasteiger partial charge in [-0.3, -0.25) is 4.79 Å². The molecule has 0 saturated carbocycles. The van der Waals surface area contributed by atoms with Crippen LogP contribution in [0.1, 0.15) is 46.0 Å². The second-order valence-electron chi connectivity index (χ2n) is 5.48. The van der Waals surface area contributed by atoms with Gasteiger partial charge in [0, 0.05) is 17.3 Å². The molecule has 0 bridgehead atoms. The molecular weight excluding hydrogens is 363 g/mol. The molecule has 7 heteroatoms. The minimum atomic E-state index is -0.440. The van der Waals surface area contributed by atoms with Crippen LogP contribution in [0.4, 0.5) is 5.69 Å². The number of hydrogen-bond acceptors (Lipinski definition) is 3. The zero-order chi connectivity index (χ0) is 18.7. The van der Waals surface area contributed by atoms with Gasteiger partial charge in [0.25, 0.3) is 5.91 Å². The Hall–Kier alpha value is -1.98. The maximum absolute atomic E-state index is 12.8.